The Bertz CT molecular complexity index is 661. The molecule has 0 aliphatic carbocycles. The van der Waals surface area contributed by atoms with Gasteiger partial charge < -0.3 is 35.0 Å². The maximum absolute atomic E-state index is 12.8. The number of hydrogen-bond donors (Lipinski definition) is 4. The van der Waals surface area contributed by atoms with Crippen LogP contribution in [-0.4, -0.2) is 95.3 Å². The molecule has 4 N–H and O–H groups in total. The molecule has 0 saturated carbocycles. The SMILES string of the molecule is CCOC(=O)CN1CCCCC(NC(=O)[C@H](OC)[C@H](O)[C@@H](O)[C@H](O)/C=C/C(C)(C)C)C1=O. The molecule has 1 aliphatic heterocycles. The molecule has 10 nitrogen and oxygen atoms in total. The first-order valence-corrected chi connectivity index (χ1v) is 10.9. The van der Waals surface area contributed by atoms with Crippen molar-refractivity contribution in [2.75, 3.05) is 26.8 Å². The number of carbonyl (C=O) groups excluding carboxylic acids is 3. The predicted molar refractivity (Wildman–Crippen MR) is 116 cm³/mol. The van der Waals surface area contributed by atoms with Crippen molar-refractivity contribution in [2.24, 2.45) is 5.41 Å². The first-order chi connectivity index (χ1) is 14.9. The van der Waals surface area contributed by atoms with E-state index in [2.05, 4.69) is 5.32 Å². The highest BCUT2D eigenvalue weighted by Crippen LogP contribution is 2.18. The molecule has 1 saturated heterocycles. The zero-order chi connectivity index (χ0) is 24.5. The molecule has 2 amide bonds. The molecular formula is C22H38N2O8. The Morgan fingerprint density at radius 3 is 2.44 bits per heavy atom. The lowest BCUT2D eigenvalue weighted by Crippen LogP contribution is -2.56. The summed E-state index contributed by atoms with van der Waals surface area (Å²) < 4.78 is 9.96. The summed E-state index contributed by atoms with van der Waals surface area (Å²) >= 11 is 0. The van der Waals surface area contributed by atoms with Crippen molar-refractivity contribution in [1.82, 2.24) is 10.2 Å². The van der Waals surface area contributed by atoms with Crippen molar-refractivity contribution >= 4 is 17.8 Å². The largest absolute Gasteiger partial charge is 0.465 e. The van der Waals surface area contributed by atoms with Gasteiger partial charge in [-0.15, -0.1) is 0 Å². The van der Waals surface area contributed by atoms with Crippen molar-refractivity contribution in [3.63, 3.8) is 0 Å². The van der Waals surface area contributed by atoms with E-state index >= 15 is 0 Å². The summed E-state index contributed by atoms with van der Waals surface area (Å²) in [5.41, 5.74) is -0.251. The smallest absolute Gasteiger partial charge is 0.325 e. The van der Waals surface area contributed by atoms with Gasteiger partial charge in [0.25, 0.3) is 5.91 Å². The zero-order valence-corrected chi connectivity index (χ0v) is 19.6. The number of likely N-dealkylation sites (tertiary alicyclic amines) is 1. The molecule has 0 aromatic heterocycles. The first-order valence-electron chi connectivity index (χ1n) is 10.9. The van der Waals surface area contributed by atoms with Crippen LogP contribution in [0.5, 0.6) is 0 Å². The van der Waals surface area contributed by atoms with Crippen LogP contribution < -0.4 is 5.32 Å². The molecule has 0 spiro atoms. The van der Waals surface area contributed by atoms with Gasteiger partial charge in [-0.05, 0) is 31.6 Å². The van der Waals surface area contributed by atoms with Crippen LogP contribution in [0.15, 0.2) is 12.2 Å². The third-order valence-corrected chi connectivity index (χ3v) is 5.04. The van der Waals surface area contributed by atoms with Crippen LogP contribution in [-0.2, 0) is 23.9 Å². The molecule has 0 radical (unpaired) electrons. The molecule has 10 heteroatoms. The Morgan fingerprint density at radius 1 is 1.22 bits per heavy atom. The quantitative estimate of drug-likeness (QED) is 0.259. The van der Waals surface area contributed by atoms with Crippen molar-refractivity contribution in [1.29, 1.82) is 0 Å². The lowest BCUT2D eigenvalue weighted by molar-refractivity contribution is -0.153. The topological polar surface area (TPSA) is 146 Å². The van der Waals surface area contributed by atoms with Crippen LogP contribution in [0.25, 0.3) is 0 Å². The highest BCUT2D eigenvalue weighted by atomic mass is 16.5. The maximum atomic E-state index is 12.8. The van der Waals surface area contributed by atoms with Gasteiger partial charge in [0.15, 0.2) is 6.10 Å². The Balaban J connectivity index is 2.84. The standard InChI is InChI=1S/C22H38N2O8/c1-6-32-16(26)13-24-12-8-7-9-14(21(24)30)23-20(29)19(31-5)18(28)17(27)15(25)10-11-22(2,3)4/h10-11,14-15,17-19,25,27-28H,6-9,12-13H2,1-5H3,(H,23,29)/b11-10+/t14?,15-,17+,18-,19-/m1/s1. The van der Waals surface area contributed by atoms with Crippen LogP contribution in [0.4, 0.5) is 0 Å². The minimum atomic E-state index is -1.74. The van der Waals surface area contributed by atoms with E-state index in [4.69, 9.17) is 9.47 Å². The van der Waals surface area contributed by atoms with Gasteiger partial charge in [0.05, 0.1) is 6.61 Å². The number of hydrogen-bond acceptors (Lipinski definition) is 8. The minimum absolute atomic E-state index is 0.202. The second-order valence-corrected chi connectivity index (χ2v) is 8.97. The summed E-state index contributed by atoms with van der Waals surface area (Å²) in [5, 5.41) is 33.4. The van der Waals surface area contributed by atoms with Crippen LogP contribution in [0.3, 0.4) is 0 Å². The van der Waals surface area contributed by atoms with Crippen molar-refractivity contribution in [2.45, 2.75) is 77.4 Å². The molecule has 1 heterocycles. The molecule has 1 unspecified atom stereocenters. The van der Waals surface area contributed by atoms with E-state index in [1.807, 2.05) is 20.8 Å². The third kappa shape index (κ3) is 8.85. The Hall–Kier alpha value is -2.01. The summed E-state index contributed by atoms with van der Waals surface area (Å²) in [6, 6.07) is -0.910. The highest BCUT2D eigenvalue weighted by Gasteiger charge is 2.38. The summed E-state index contributed by atoms with van der Waals surface area (Å²) in [7, 11) is 1.18. The number of aliphatic hydroxyl groups is 3. The second kappa shape index (κ2) is 12.9. The van der Waals surface area contributed by atoms with E-state index in [9.17, 15) is 29.7 Å². The van der Waals surface area contributed by atoms with E-state index in [0.29, 0.717) is 25.8 Å². The van der Waals surface area contributed by atoms with E-state index in [-0.39, 0.29) is 18.6 Å². The van der Waals surface area contributed by atoms with Crippen LogP contribution in [0.1, 0.15) is 47.0 Å². The molecule has 0 bridgehead atoms. The van der Waals surface area contributed by atoms with Crippen molar-refractivity contribution in [3.8, 4) is 0 Å². The molecular weight excluding hydrogens is 420 g/mol. The average Bonchev–Trinajstić information content (AvgIpc) is 2.87. The number of nitrogens with zero attached hydrogens (tertiary/aromatic N) is 1. The van der Waals surface area contributed by atoms with Gasteiger partial charge in [0, 0.05) is 13.7 Å². The number of methoxy groups -OCH3 is 1. The number of carbonyl (C=O) groups is 3. The maximum Gasteiger partial charge on any atom is 0.325 e. The summed E-state index contributed by atoms with van der Waals surface area (Å²) in [5.74, 6) is -1.76. The number of ether oxygens (including phenoxy) is 2. The second-order valence-electron chi connectivity index (χ2n) is 8.97. The zero-order valence-electron chi connectivity index (χ0n) is 19.6. The van der Waals surface area contributed by atoms with Gasteiger partial charge in [-0.3, -0.25) is 14.4 Å². The predicted octanol–water partition coefficient (Wildman–Crippen LogP) is -0.253. The average molecular weight is 459 g/mol. The lowest BCUT2D eigenvalue weighted by Gasteiger charge is -2.29. The Kier molecular flexibility index (Phi) is 11.3. The molecule has 5 atom stereocenters. The van der Waals surface area contributed by atoms with E-state index < -0.39 is 48.2 Å². The van der Waals surface area contributed by atoms with E-state index in [1.165, 1.54) is 18.1 Å². The molecule has 1 aliphatic rings. The number of aliphatic hydroxyl groups excluding tert-OH is 3. The van der Waals surface area contributed by atoms with Crippen LogP contribution in [0.2, 0.25) is 0 Å². The molecule has 32 heavy (non-hydrogen) atoms. The summed E-state index contributed by atoms with van der Waals surface area (Å²) in [4.78, 5) is 38.7. The van der Waals surface area contributed by atoms with Crippen molar-refractivity contribution in [3.05, 3.63) is 12.2 Å². The minimum Gasteiger partial charge on any atom is -0.465 e. The number of nitrogens with one attached hydrogen (secondary N) is 1. The van der Waals surface area contributed by atoms with Gasteiger partial charge in [0.2, 0.25) is 5.91 Å². The highest BCUT2D eigenvalue weighted by molar-refractivity contribution is 5.91. The van der Waals surface area contributed by atoms with Gasteiger partial charge in [-0.25, -0.2) is 0 Å². The van der Waals surface area contributed by atoms with Crippen LogP contribution >= 0.6 is 0 Å². The van der Waals surface area contributed by atoms with Crippen LogP contribution in [0, 0.1) is 5.41 Å². The van der Waals surface area contributed by atoms with Gasteiger partial charge >= 0.3 is 5.97 Å². The molecule has 184 valence electrons. The lowest BCUT2D eigenvalue weighted by atomic mass is 9.94. The number of allylic oxidation sites excluding steroid dienone is 1. The fourth-order valence-electron chi connectivity index (χ4n) is 3.30. The number of rotatable bonds is 10. The van der Waals surface area contributed by atoms with Gasteiger partial charge in [0.1, 0.15) is 30.9 Å². The van der Waals surface area contributed by atoms with E-state index in [0.717, 1.165) is 0 Å². The summed E-state index contributed by atoms with van der Waals surface area (Å²) in [6.45, 7) is 7.74. The molecule has 1 fully saturated rings. The molecule has 1 rings (SSSR count). The normalized spacial score (nSPS) is 21.6. The van der Waals surface area contributed by atoms with Crippen molar-refractivity contribution < 1.29 is 39.2 Å². The monoisotopic (exact) mass is 458 g/mol. The Labute approximate surface area is 189 Å². The Morgan fingerprint density at radius 2 is 1.88 bits per heavy atom. The summed E-state index contributed by atoms with van der Waals surface area (Å²) in [6.07, 6.45) is -1.67. The fourth-order valence-corrected chi connectivity index (χ4v) is 3.30. The number of esters is 1. The number of amides is 2. The first kappa shape index (κ1) is 28.0. The molecule has 0 aromatic carbocycles. The third-order valence-electron chi connectivity index (χ3n) is 5.04. The fraction of sp³-hybridized carbons (Fsp3) is 0.773. The molecule has 0 aromatic rings. The van der Waals surface area contributed by atoms with Gasteiger partial charge in [-0.2, -0.15) is 0 Å². The van der Waals surface area contributed by atoms with Gasteiger partial charge in [-0.1, -0.05) is 32.9 Å². The van der Waals surface area contributed by atoms with E-state index in [1.54, 1.807) is 13.0 Å².